The molecule has 0 radical (unpaired) electrons. The second kappa shape index (κ2) is 13.8. The summed E-state index contributed by atoms with van der Waals surface area (Å²) in [5.74, 6) is 4.30. The van der Waals surface area contributed by atoms with E-state index in [2.05, 4.69) is 18.7 Å². The molecule has 0 fully saturated rings. The van der Waals surface area contributed by atoms with Gasteiger partial charge < -0.3 is 9.64 Å². The van der Waals surface area contributed by atoms with Crippen molar-refractivity contribution in [2.45, 2.75) is 20.4 Å². The van der Waals surface area contributed by atoms with Gasteiger partial charge in [-0.25, -0.2) is 0 Å². The molecular weight excluding hydrogens is 430 g/mol. The van der Waals surface area contributed by atoms with Gasteiger partial charge in [0.15, 0.2) is 6.29 Å². The lowest BCUT2D eigenvalue weighted by atomic mass is 10.1. The van der Waals surface area contributed by atoms with Crippen molar-refractivity contribution in [3.63, 3.8) is 0 Å². The van der Waals surface area contributed by atoms with Crippen LogP contribution >= 0.6 is 35.7 Å². The molecule has 0 saturated heterocycles. The number of carbonyl (C=O) groups excluding carboxylic acids is 1. The van der Waals surface area contributed by atoms with Crippen LogP contribution in [0, 0.1) is 10.1 Å². The molecule has 10 heteroatoms. The highest BCUT2D eigenvalue weighted by Crippen LogP contribution is 2.30. The zero-order valence-electron chi connectivity index (χ0n) is 17.4. The molecule has 0 heterocycles. The second-order valence-corrected chi connectivity index (χ2v) is 9.47. The molecule has 0 aliphatic carbocycles. The number of carbonyl (C=O) groups is 1. The Morgan fingerprint density at radius 3 is 2.24 bits per heavy atom. The van der Waals surface area contributed by atoms with Gasteiger partial charge in [0.25, 0.3) is 10.9 Å². The van der Waals surface area contributed by atoms with Gasteiger partial charge >= 0.3 is 0 Å². The van der Waals surface area contributed by atoms with Crippen LogP contribution in [0.15, 0.2) is 12.1 Å². The number of hydrogen-bond donors (Lipinski definition) is 0. The number of nitro groups is 1. The summed E-state index contributed by atoms with van der Waals surface area (Å²) in [4.78, 5) is 26.4. The van der Waals surface area contributed by atoms with Gasteiger partial charge in [-0.2, -0.15) is 23.5 Å². The maximum absolute atomic E-state index is 11.6. The molecule has 0 aromatic heterocycles. The summed E-state index contributed by atoms with van der Waals surface area (Å²) in [7, 11) is 3.48. The highest BCUT2D eigenvalue weighted by atomic mass is 32.2. The molecule has 0 atom stereocenters. The predicted octanol–water partition coefficient (Wildman–Crippen LogP) is 3.94. The van der Waals surface area contributed by atoms with Crippen molar-refractivity contribution in [1.82, 2.24) is 9.80 Å². The fraction of sp³-hybridized carbons (Fsp3) is 0.579. The Labute approximate surface area is 186 Å². The Morgan fingerprint density at radius 1 is 1.21 bits per heavy atom. The van der Waals surface area contributed by atoms with Crippen LogP contribution < -0.4 is 4.74 Å². The molecule has 162 valence electrons. The summed E-state index contributed by atoms with van der Waals surface area (Å²) in [6, 6.07) is 2.71. The van der Waals surface area contributed by atoms with E-state index in [1.165, 1.54) is 12.1 Å². The third kappa shape index (κ3) is 8.90. The predicted molar refractivity (Wildman–Crippen MR) is 127 cm³/mol. The lowest BCUT2D eigenvalue weighted by Crippen LogP contribution is -2.30. The first-order chi connectivity index (χ1) is 13.8. The molecule has 0 bridgehead atoms. The maximum atomic E-state index is 11.6. The van der Waals surface area contributed by atoms with Gasteiger partial charge in [-0.15, -0.1) is 0 Å². The van der Waals surface area contributed by atoms with E-state index in [1.54, 1.807) is 19.0 Å². The van der Waals surface area contributed by atoms with Gasteiger partial charge in [-0.3, -0.25) is 19.8 Å². The van der Waals surface area contributed by atoms with Crippen molar-refractivity contribution in [3.05, 3.63) is 33.4 Å². The number of thioether (sulfide) groups is 2. The van der Waals surface area contributed by atoms with E-state index in [9.17, 15) is 14.9 Å². The molecule has 0 aliphatic heterocycles. The highest BCUT2D eigenvalue weighted by Gasteiger charge is 2.21. The van der Waals surface area contributed by atoms with Crippen LogP contribution in [0.5, 0.6) is 5.75 Å². The zero-order valence-corrected chi connectivity index (χ0v) is 19.8. The summed E-state index contributed by atoms with van der Waals surface area (Å²) in [6.07, 6.45) is 0.578. The number of nitrogens with zero attached hydrogens (tertiary/aromatic N) is 3. The molecule has 1 aromatic rings. The Hall–Kier alpha value is -1.36. The van der Waals surface area contributed by atoms with Crippen molar-refractivity contribution in [1.29, 1.82) is 0 Å². The molecule has 1 aromatic carbocycles. The van der Waals surface area contributed by atoms with Crippen LogP contribution in [-0.4, -0.2) is 76.4 Å². The van der Waals surface area contributed by atoms with Crippen LogP contribution in [-0.2, 0) is 6.54 Å². The molecule has 0 aliphatic rings. The van der Waals surface area contributed by atoms with E-state index in [0.717, 1.165) is 36.1 Å². The molecule has 0 amide bonds. The molecule has 1 rings (SSSR count). The van der Waals surface area contributed by atoms with Gasteiger partial charge in [0.2, 0.25) is 0 Å². The van der Waals surface area contributed by atoms with Crippen molar-refractivity contribution in [2.75, 3.05) is 50.2 Å². The standard InChI is InChI=1S/C19H29N3O4S3/c1-5-28-9-7-21(8-10-29-6-2)13-15-11-17(22(24)25)12-16(14-23)18(15)26-19(27)20(3)4/h11-12,14H,5-10,13H2,1-4H3. The number of rotatable bonds is 13. The van der Waals surface area contributed by atoms with Crippen LogP contribution in [0.1, 0.15) is 29.8 Å². The number of thiocarbonyl (C=S) groups is 1. The Kier molecular flexibility index (Phi) is 12.2. The van der Waals surface area contributed by atoms with E-state index in [1.807, 2.05) is 23.5 Å². The van der Waals surface area contributed by atoms with E-state index >= 15 is 0 Å². The molecule has 0 saturated carbocycles. The average molecular weight is 460 g/mol. The molecule has 7 nitrogen and oxygen atoms in total. The number of ether oxygens (including phenoxy) is 1. The van der Waals surface area contributed by atoms with Crippen LogP contribution in [0.2, 0.25) is 0 Å². The number of nitro benzene ring substituents is 1. The SMILES string of the molecule is CCSCCN(CCSCC)Cc1cc([N+](=O)[O-])cc(C=O)c1OC(=S)N(C)C. The smallest absolute Gasteiger partial charge is 0.270 e. The summed E-state index contributed by atoms with van der Waals surface area (Å²) in [6.45, 7) is 6.38. The summed E-state index contributed by atoms with van der Waals surface area (Å²) < 4.78 is 5.78. The minimum absolute atomic E-state index is 0.129. The van der Waals surface area contributed by atoms with Crippen LogP contribution in [0.3, 0.4) is 0 Å². The largest absolute Gasteiger partial charge is 0.431 e. The normalized spacial score (nSPS) is 10.8. The summed E-state index contributed by atoms with van der Waals surface area (Å²) in [5, 5.41) is 11.6. The summed E-state index contributed by atoms with van der Waals surface area (Å²) in [5.41, 5.74) is 0.591. The van der Waals surface area contributed by atoms with Gasteiger partial charge in [-0.1, -0.05) is 13.8 Å². The molecule has 0 spiro atoms. The van der Waals surface area contributed by atoms with Crippen LogP contribution in [0.4, 0.5) is 5.69 Å². The molecular formula is C19H29N3O4S3. The lowest BCUT2D eigenvalue weighted by molar-refractivity contribution is -0.385. The fourth-order valence-corrected chi connectivity index (χ4v) is 3.93. The van der Waals surface area contributed by atoms with Crippen molar-refractivity contribution in [2.24, 2.45) is 0 Å². The molecule has 0 N–H and O–H groups in total. The Bertz CT molecular complexity index is 692. The lowest BCUT2D eigenvalue weighted by Gasteiger charge is -2.24. The third-order valence-electron chi connectivity index (χ3n) is 3.98. The quantitative estimate of drug-likeness (QED) is 0.143. The fourth-order valence-electron chi connectivity index (χ4n) is 2.50. The van der Waals surface area contributed by atoms with E-state index < -0.39 is 4.92 Å². The van der Waals surface area contributed by atoms with Crippen molar-refractivity contribution < 1.29 is 14.5 Å². The van der Waals surface area contributed by atoms with E-state index in [0.29, 0.717) is 24.1 Å². The van der Waals surface area contributed by atoms with E-state index in [-0.39, 0.29) is 16.4 Å². The highest BCUT2D eigenvalue weighted by molar-refractivity contribution is 7.99. The van der Waals surface area contributed by atoms with Gasteiger partial charge in [0, 0.05) is 62.9 Å². The molecule has 29 heavy (non-hydrogen) atoms. The first-order valence-electron chi connectivity index (χ1n) is 9.37. The number of non-ortho nitro benzene ring substituents is 1. The Balaban J connectivity index is 3.25. The minimum Gasteiger partial charge on any atom is -0.431 e. The zero-order chi connectivity index (χ0) is 21.8. The van der Waals surface area contributed by atoms with Gasteiger partial charge in [0.05, 0.1) is 10.5 Å². The van der Waals surface area contributed by atoms with Gasteiger partial charge in [0.1, 0.15) is 5.75 Å². The number of benzene rings is 1. The second-order valence-electron chi connectivity index (χ2n) is 6.33. The van der Waals surface area contributed by atoms with Gasteiger partial charge in [-0.05, 0) is 23.7 Å². The first kappa shape index (κ1) is 25.7. The number of aldehydes is 1. The number of hydrogen-bond acceptors (Lipinski definition) is 8. The summed E-state index contributed by atoms with van der Waals surface area (Å²) >= 11 is 8.93. The van der Waals surface area contributed by atoms with E-state index in [4.69, 9.17) is 17.0 Å². The monoisotopic (exact) mass is 459 g/mol. The Morgan fingerprint density at radius 2 is 1.79 bits per heavy atom. The average Bonchev–Trinajstić information content (AvgIpc) is 2.68. The van der Waals surface area contributed by atoms with Crippen LogP contribution in [0.25, 0.3) is 0 Å². The van der Waals surface area contributed by atoms with Crippen molar-refractivity contribution >= 4 is 52.9 Å². The minimum atomic E-state index is -0.491. The topological polar surface area (TPSA) is 75.9 Å². The first-order valence-corrected chi connectivity index (χ1v) is 12.1. The maximum Gasteiger partial charge on any atom is 0.270 e. The molecule has 0 unspecified atom stereocenters. The van der Waals surface area contributed by atoms with Crippen molar-refractivity contribution in [3.8, 4) is 5.75 Å². The third-order valence-corrected chi connectivity index (χ3v) is 6.19.